The molecule has 0 aliphatic rings. The van der Waals surface area contributed by atoms with E-state index in [9.17, 15) is 0 Å². The van der Waals surface area contributed by atoms with Crippen molar-refractivity contribution in [3.8, 4) is 0 Å². The zero-order chi connectivity index (χ0) is 8.00. The Balaban J connectivity index is -0.00000000500. The molecular weight excluding hydrogens is 348 g/mol. The van der Waals surface area contributed by atoms with Gasteiger partial charge in [-0.1, -0.05) is 0 Å². The first-order chi connectivity index (χ1) is 4.00. The average molecular weight is 360 g/mol. The van der Waals surface area contributed by atoms with Gasteiger partial charge >= 0.3 is 73.8 Å². The molecule has 0 N–H and O–H groups in total. The van der Waals surface area contributed by atoms with E-state index in [2.05, 4.69) is 0 Å². The van der Waals surface area contributed by atoms with Crippen LogP contribution in [0.1, 0.15) is 0 Å². The molecule has 0 unspecified atom stereocenters. The molecule has 0 fully saturated rings. The molecule has 0 spiro atoms. The Morgan fingerprint density at radius 1 is 0.500 bits per heavy atom. The summed E-state index contributed by atoms with van der Waals surface area (Å²) in [5.41, 5.74) is 0. The quantitative estimate of drug-likeness (QED) is 0.402. The van der Waals surface area contributed by atoms with E-state index in [1.807, 2.05) is 0 Å². The van der Waals surface area contributed by atoms with Crippen LogP contribution < -0.4 is 71.8 Å². The van der Waals surface area contributed by atoms with Crippen molar-refractivity contribution in [2.45, 2.75) is 0 Å². The third kappa shape index (κ3) is 177. The van der Waals surface area contributed by atoms with Crippen molar-refractivity contribution in [2.75, 3.05) is 28.4 Å². The van der Waals surface area contributed by atoms with Crippen molar-refractivity contribution in [3.63, 3.8) is 0 Å². The number of hydrogen-bond acceptors (Lipinski definition) is 4. The molecule has 0 rings (SSSR count). The summed E-state index contributed by atoms with van der Waals surface area (Å²) >= 11 is 0. The second kappa shape index (κ2) is 238. The summed E-state index contributed by atoms with van der Waals surface area (Å²) in [6, 6.07) is 0. The van der Waals surface area contributed by atoms with Gasteiger partial charge < -0.3 is 20.4 Å². The predicted molar refractivity (Wildman–Crippen MR) is 23.7 cm³/mol. The fraction of sp³-hybridized carbons (Fsp3) is 1.00. The van der Waals surface area contributed by atoms with Crippen molar-refractivity contribution in [3.05, 3.63) is 0 Å². The van der Waals surface area contributed by atoms with Gasteiger partial charge in [0.1, 0.15) is 0 Å². The summed E-state index contributed by atoms with van der Waals surface area (Å²) in [5, 5.41) is 33.0. The van der Waals surface area contributed by atoms with Crippen molar-refractivity contribution in [1.29, 1.82) is 0 Å². The van der Waals surface area contributed by atoms with Gasteiger partial charge in [0.15, 0.2) is 0 Å². The summed E-state index contributed by atoms with van der Waals surface area (Å²) in [7, 11) is 3.00. The molecule has 6 heteroatoms. The van der Waals surface area contributed by atoms with E-state index in [0.717, 1.165) is 28.4 Å². The Kier molecular flexibility index (Phi) is 948. The average Bonchev–Trinajstić information content (AvgIpc) is 2.03. The van der Waals surface area contributed by atoms with E-state index >= 15 is 0 Å². The number of hydrogen-bond donors (Lipinski definition) is 0. The molecule has 4 nitrogen and oxygen atoms in total. The molecule has 0 amide bonds. The molecule has 0 bridgehead atoms. The molecule has 0 atom stereocenters. The van der Waals surface area contributed by atoms with Gasteiger partial charge in [0.05, 0.1) is 0 Å². The van der Waals surface area contributed by atoms with Crippen LogP contribution in [0.4, 0.5) is 0 Å². The monoisotopic (exact) mass is 360 g/mol. The minimum absolute atomic E-state index is 0. The molecule has 64 valence electrons. The maximum atomic E-state index is 8.25. The first kappa shape index (κ1) is 39.8. The van der Waals surface area contributed by atoms with E-state index in [0.29, 0.717) is 0 Å². The van der Waals surface area contributed by atoms with Crippen LogP contribution in [0.15, 0.2) is 0 Å². The second-order valence-electron chi connectivity index (χ2n) is 0. The van der Waals surface area contributed by atoms with Crippen molar-refractivity contribution < 1.29 is 94.2 Å². The zero-order valence-electron chi connectivity index (χ0n) is 6.93. The van der Waals surface area contributed by atoms with Crippen molar-refractivity contribution >= 4 is 0 Å². The van der Waals surface area contributed by atoms with Crippen LogP contribution in [0.25, 0.3) is 0 Å². The maximum absolute atomic E-state index is 8.25. The largest absolute Gasteiger partial charge is 3.00 e. The molecule has 0 aromatic rings. The van der Waals surface area contributed by atoms with Gasteiger partial charge in [-0.05, 0) is 0 Å². The summed E-state index contributed by atoms with van der Waals surface area (Å²) < 4.78 is 0. The molecule has 0 saturated carbocycles. The topological polar surface area (TPSA) is 92.2 Å². The summed E-state index contributed by atoms with van der Waals surface area (Å²) in [6.07, 6.45) is 0. The first-order valence-corrected chi connectivity index (χ1v) is 1.63. The third-order valence-corrected chi connectivity index (χ3v) is 0. The molecule has 0 aliphatic heterocycles. The minimum Gasteiger partial charge on any atom is -0.857 e. The molecule has 0 heterocycles. The summed E-state index contributed by atoms with van der Waals surface area (Å²) in [5.74, 6) is 0. The fourth-order valence-corrected chi connectivity index (χ4v) is 0. The molecular formula is C4H12AuKO4. The van der Waals surface area contributed by atoms with Crippen LogP contribution in [0.3, 0.4) is 0 Å². The molecule has 0 aromatic carbocycles. The Morgan fingerprint density at radius 2 is 0.500 bits per heavy atom. The summed E-state index contributed by atoms with van der Waals surface area (Å²) in [6.45, 7) is 0. The third-order valence-electron chi connectivity index (χ3n) is 0. The smallest absolute Gasteiger partial charge is 0.857 e. The van der Waals surface area contributed by atoms with Gasteiger partial charge in [0.25, 0.3) is 0 Å². The molecule has 10 heavy (non-hydrogen) atoms. The van der Waals surface area contributed by atoms with Gasteiger partial charge in [-0.2, -0.15) is 28.4 Å². The van der Waals surface area contributed by atoms with Crippen LogP contribution >= 0.6 is 0 Å². The van der Waals surface area contributed by atoms with E-state index in [1.54, 1.807) is 0 Å². The van der Waals surface area contributed by atoms with Crippen LogP contribution in [0.2, 0.25) is 0 Å². The van der Waals surface area contributed by atoms with E-state index in [1.165, 1.54) is 0 Å². The Labute approximate surface area is 121 Å². The normalized spacial score (nSPS) is 2.40. The van der Waals surface area contributed by atoms with Gasteiger partial charge in [-0.3, -0.25) is 0 Å². The SMILES string of the molecule is C[O-].C[O-].C[O-].C[O-].[Au+3].[K+]. The molecule has 0 aliphatic carbocycles. The van der Waals surface area contributed by atoms with Gasteiger partial charge in [0, 0.05) is 0 Å². The Bertz CT molecular complexity index is 17.2. The maximum Gasteiger partial charge on any atom is 3.00 e. The minimum atomic E-state index is 0. The zero-order valence-corrected chi connectivity index (χ0v) is 12.2. The Morgan fingerprint density at radius 3 is 0.500 bits per heavy atom. The van der Waals surface area contributed by atoms with Crippen LogP contribution in [0, 0.1) is 0 Å². The van der Waals surface area contributed by atoms with Gasteiger partial charge in [-0.25, -0.2) is 0 Å². The van der Waals surface area contributed by atoms with Gasteiger partial charge in [-0.15, -0.1) is 0 Å². The molecule has 0 saturated heterocycles. The summed E-state index contributed by atoms with van der Waals surface area (Å²) in [4.78, 5) is 0. The first-order valence-electron chi connectivity index (χ1n) is 1.63. The standard InChI is InChI=1S/4CH3O.Au.K/c4*1-2;;/h4*1H3;;/q4*-1;+3;+1. The van der Waals surface area contributed by atoms with Gasteiger partial charge in [0.2, 0.25) is 0 Å². The molecule has 0 radical (unpaired) electrons. The van der Waals surface area contributed by atoms with Crippen LogP contribution in [0.5, 0.6) is 0 Å². The van der Waals surface area contributed by atoms with Crippen molar-refractivity contribution in [1.82, 2.24) is 0 Å². The second-order valence-corrected chi connectivity index (χ2v) is 0. The van der Waals surface area contributed by atoms with Crippen LogP contribution in [-0.4, -0.2) is 28.4 Å². The number of rotatable bonds is 0. The van der Waals surface area contributed by atoms with E-state index < -0.39 is 0 Å². The van der Waals surface area contributed by atoms with E-state index in [-0.39, 0.29) is 73.8 Å². The fourth-order valence-electron chi connectivity index (χ4n) is 0. The van der Waals surface area contributed by atoms with Crippen molar-refractivity contribution in [2.24, 2.45) is 0 Å². The van der Waals surface area contributed by atoms with E-state index in [4.69, 9.17) is 20.4 Å². The Hall–Kier alpha value is 2.22. The predicted octanol–water partition coefficient (Wildman–Crippen LogP) is -7.09. The van der Waals surface area contributed by atoms with Crippen LogP contribution in [-0.2, 0) is 22.4 Å². The molecule has 0 aromatic heterocycles.